The van der Waals surface area contributed by atoms with Gasteiger partial charge in [0.05, 0.1) is 6.54 Å². The molecule has 9 heteroatoms. The number of amides is 1. The first-order valence-electron chi connectivity index (χ1n) is 11.1. The van der Waals surface area contributed by atoms with Crippen LogP contribution in [0.15, 0.2) is 11.0 Å². The summed E-state index contributed by atoms with van der Waals surface area (Å²) < 4.78 is 12.2. The minimum absolute atomic E-state index is 0.0676. The van der Waals surface area contributed by atoms with Crippen LogP contribution >= 0.6 is 0 Å². The molecule has 0 bridgehead atoms. The SMILES string of the molecule is CCC(C)(C)OC(=O)N1CCCCC1CCNc1ncc(C)n(CCOC(C)=O)c1=O. The quantitative estimate of drug-likeness (QED) is 0.593. The number of carbonyl (C=O) groups is 2. The van der Waals surface area contributed by atoms with Crippen molar-refractivity contribution in [2.24, 2.45) is 0 Å². The molecule has 1 atom stereocenters. The van der Waals surface area contributed by atoms with Gasteiger partial charge in [0.25, 0.3) is 5.56 Å². The number of nitrogens with one attached hydrogen (secondary N) is 1. The van der Waals surface area contributed by atoms with Gasteiger partial charge in [0.15, 0.2) is 5.82 Å². The summed E-state index contributed by atoms with van der Waals surface area (Å²) in [4.78, 5) is 42.4. The Morgan fingerprint density at radius 2 is 2.06 bits per heavy atom. The number of hydrogen-bond acceptors (Lipinski definition) is 7. The van der Waals surface area contributed by atoms with Crippen LogP contribution in [0.4, 0.5) is 10.6 Å². The van der Waals surface area contributed by atoms with Crippen molar-refractivity contribution in [1.29, 1.82) is 0 Å². The lowest BCUT2D eigenvalue weighted by Gasteiger charge is -2.37. The predicted octanol–water partition coefficient (Wildman–Crippen LogP) is 3.10. The van der Waals surface area contributed by atoms with E-state index in [0.29, 0.717) is 25.2 Å². The topological polar surface area (TPSA) is 103 Å². The number of aromatic nitrogens is 2. The third kappa shape index (κ3) is 7.25. The van der Waals surface area contributed by atoms with Gasteiger partial charge in [0.1, 0.15) is 12.2 Å². The second kappa shape index (κ2) is 11.2. The molecule has 0 radical (unpaired) electrons. The van der Waals surface area contributed by atoms with Crippen molar-refractivity contribution in [1.82, 2.24) is 14.5 Å². The third-order valence-corrected chi connectivity index (χ3v) is 5.72. The van der Waals surface area contributed by atoms with Gasteiger partial charge in [0.2, 0.25) is 0 Å². The molecule has 174 valence electrons. The zero-order valence-corrected chi connectivity index (χ0v) is 19.4. The number of carbonyl (C=O) groups excluding carboxylic acids is 2. The van der Waals surface area contributed by atoms with Gasteiger partial charge >= 0.3 is 12.1 Å². The maximum atomic E-state index is 12.7. The molecular formula is C22H36N4O5. The molecule has 1 aromatic rings. The molecule has 2 rings (SSSR count). The van der Waals surface area contributed by atoms with E-state index in [1.54, 1.807) is 13.1 Å². The summed E-state index contributed by atoms with van der Waals surface area (Å²) in [5.74, 6) is -0.124. The van der Waals surface area contributed by atoms with E-state index in [4.69, 9.17) is 9.47 Å². The number of rotatable bonds is 9. The molecule has 1 N–H and O–H groups in total. The first-order valence-corrected chi connectivity index (χ1v) is 11.1. The lowest BCUT2D eigenvalue weighted by Crippen LogP contribution is -2.47. The molecule has 1 amide bonds. The van der Waals surface area contributed by atoms with E-state index in [-0.39, 0.29) is 42.6 Å². The number of ether oxygens (including phenoxy) is 2. The van der Waals surface area contributed by atoms with Crippen molar-refractivity contribution in [3.63, 3.8) is 0 Å². The lowest BCUT2D eigenvalue weighted by atomic mass is 10.00. The maximum absolute atomic E-state index is 12.7. The first kappa shape index (κ1) is 24.7. The highest BCUT2D eigenvalue weighted by molar-refractivity contribution is 5.68. The number of piperidine rings is 1. The van der Waals surface area contributed by atoms with Gasteiger partial charge in [0, 0.05) is 37.9 Å². The summed E-state index contributed by atoms with van der Waals surface area (Å²) in [6.45, 7) is 10.6. The summed E-state index contributed by atoms with van der Waals surface area (Å²) in [5.41, 5.74) is -0.0421. The number of nitrogens with zero attached hydrogens (tertiary/aromatic N) is 3. The molecule has 1 unspecified atom stereocenters. The Morgan fingerprint density at radius 3 is 2.74 bits per heavy atom. The highest BCUT2D eigenvalue weighted by Gasteiger charge is 2.31. The standard InChI is InChI=1S/C22H36N4O5/c1-6-22(4,5)31-21(29)26-12-8-7-9-18(26)10-11-23-19-20(28)25(16(2)15-24-19)13-14-30-17(3)27/h15,18H,6-14H2,1-5H3,(H,23,24). The number of aryl methyl sites for hydroxylation is 1. The summed E-state index contributed by atoms with van der Waals surface area (Å²) in [5, 5.41) is 3.11. The molecule has 0 spiro atoms. The summed E-state index contributed by atoms with van der Waals surface area (Å²) >= 11 is 0. The van der Waals surface area contributed by atoms with Crippen LogP contribution in [0.3, 0.4) is 0 Å². The van der Waals surface area contributed by atoms with Crippen LogP contribution in [0.1, 0.15) is 65.5 Å². The fourth-order valence-electron chi connectivity index (χ4n) is 3.52. The van der Waals surface area contributed by atoms with Gasteiger partial charge in [-0.25, -0.2) is 9.78 Å². The molecule has 1 aliphatic rings. The first-order chi connectivity index (χ1) is 14.6. The Labute approximate surface area is 184 Å². The molecule has 1 aliphatic heterocycles. The third-order valence-electron chi connectivity index (χ3n) is 5.72. The molecule has 2 heterocycles. The van der Waals surface area contributed by atoms with Crippen molar-refractivity contribution in [3.8, 4) is 0 Å². The van der Waals surface area contributed by atoms with Crippen LogP contribution in [0.5, 0.6) is 0 Å². The van der Waals surface area contributed by atoms with Crippen LogP contribution in [0, 0.1) is 6.92 Å². The Bertz CT molecular complexity index is 821. The largest absolute Gasteiger partial charge is 0.464 e. The molecule has 0 aliphatic carbocycles. The second-order valence-electron chi connectivity index (χ2n) is 8.58. The summed E-state index contributed by atoms with van der Waals surface area (Å²) in [6, 6.07) is 0.0676. The van der Waals surface area contributed by atoms with E-state index < -0.39 is 5.60 Å². The average molecular weight is 437 g/mol. The Morgan fingerprint density at radius 1 is 1.32 bits per heavy atom. The van der Waals surface area contributed by atoms with Crippen molar-refractivity contribution >= 4 is 17.9 Å². The molecule has 0 aromatic carbocycles. The van der Waals surface area contributed by atoms with Crippen molar-refractivity contribution < 1.29 is 19.1 Å². The predicted molar refractivity (Wildman–Crippen MR) is 118 cm³/mol. The number of likely N-dealkylation sites (tertiary alicyclic amines) is 1. The average Bonchev–Trinajstić information content (AvgIpc) is 2.72. The Hall–Kier alpha value is -2.58. The molecule has 0 saturated carbocycles. The summed E-state index contributed by atoms with van der Waals surface area (Å²) in [6.07, 6.45) is 5.76. The van der Waals surface area contributed by atoms with Crippen molar-refractivity contribution in [3.05, 3.63) is 22.2 Å². The number of anilines is 1. The van der Waals surface area contributed by atoms with Gasteiger partial charge in [-0.05, 0) is 52.9 Å². The molecule has 1 fully saturated rings. The highest BCUT2D eigenvalue weighted by atomic mass is 16.6. The van der Waals surface area contributed by atoms with E-state index in [9.17, 15) is 14.4 Å². The van der Waals surface area contributed by atoms with E-state index in [0.717, 1.165) is 25.7 Å². The van der Waals surface area contributed by atoms with Crippen molar-refractivity contribution in [2.75, 3.05) is 25.0 Å². The van der Waals surface area contributed by atoms with Gasteiger partial charge in [-0.15, -0.1) is 0 Å². The van der Waals surface area contributed by atoms with Crippen LogP contribution in [0.2, 0.25) is 0 Å². The number of esters is 1. The van der Waals surface area contributed by atoms with E-state index >= 15 is 0 Å². The molecule has 31 heavy (non-hydrogen) atoms. The van der Waals surface area contributed by atoms with Crippen LogP contribution in [-0.4, -0.2) is 57.9 Å². The fourth-order valence-corrected chi connectivity index (χ4v) is 3.52. The maximum Gasteiger partial charge on any atom is 0.410 e. The van der Waals surface area contributed by atoms with Crippen LogP contribution in [0.25, 0.3) is 0 Å². The Kier molecular flexibility index (Phi) is 8.88. The van der Waals surface area contributed by atoms with E-state index in [1.807, 2.05) is 25.7 Å². The lowest BCUT2D eigenvalue weighted by molar-refractivity contribution is -0.141. The zero-order chi connectivity index (χ0) is 23.0. The van der Waals surface area contributed by atoms with Crippen LogP contribution < -0.4 is 10.9 Å². The summed E-state index contributed by atoms with van der Waals surface area (Å²) in [7, 11) is 0. The van der Waals surface area contributed by atoms with E-state index in [2.05, 4.69) is 10.3 Å². The normalized spacial score (nSPS) is 16.7. The van der Waals surface area contributed by atoms with Gasteiger partial charge in [-0.1, -0.05) is 6.92 Å². The molecular weight excluding hydrogens is 400 g/mol. The fraction of sp³-hybridized carbons (Fsp3) is 0.727. The minimum Gasteiger partial charge on any atom is -0.464 e. The Balaban J connectivity index is 1.97. The minimum atomic E-state index is -0.486. The van der Waals surface area contributed by atoms with Gasteiger partial charge < -0.3 is 24.3 Å². The second-order valence-corrected chi connectivity index (χ2v) is 8.58. The molecule has 1 saturated heterocycles. The molecule has 9 nitrogen and oxygen atoms in total. The van der Waals surface area contributed by atoms with Crippen molar-refractivity contribution in [2.45, 2.75) is 84.9 Å². The smallest absolute Gasteiger partial charge is 0.410 e. The number of hydrogen-bond donors (Lipinski definition) is 1. The monoisotopic (exact) mass is 436 g/mol. The van der Waals surface area contributed by atoms with Gasteiger partial charge in [-0.3, -0.25) is 9.59 Å². The highest BCUT2D eigenvalue weighted by Crippen LogP contribution is 2.23. The van der Waals surface area contributed by atoms with E-state index in [1.165, 1.54) is 11.5 Å². The van der Waals surface area contributed by atoms with Crippen LogP contribution in [-0.2, 0) is 20.8 Å². The zero-order valence-electron chi connectivity index (χ0n) is 19.4. The molecule has 1 aromatic heterocycles. The van der Waals surface area contributed by atoms with Gasteiger partial charge in [-0.2, -0.15) is 0 Å².